The molecule has 96 valence electrons. The zero-order valence-corrected chi connectivity index (χ0v) is 10.8. The fourth-order valence-electron chi connectivity index (χ4n) is 0.929. The summed E-state index contributed by atoms with van der Waals surface area (Å²) < 4.78 is 9.48. The van der Waals surface area contributed by atoms with Crippen LogP contribution >= 0.6 is 12.2 Å². The molecule has 0 atom stereocenters. The highest BCUT2D eigenvalue weighted by molar-refractivity contribution is 7.80. The number of hydrogen-bond acceptors (Lipinski definition) is 5. The molecule has 0 radical (unpaired) electrons. The average Bonchev–Trinajstić information content (AvgIpc) is 2.27. The largest absolute Gasteiger partial charge is 0.613 e. The van der Waals surface area contributed by atoms with Gasteiger partial charge in [-0.3, -0.25) is 0 Å². The first-order valence-corrected chi connectivity index (χ1v) is 5.59. The summed E-state index contributed by atoms with van der Waals surface area (Å²) >= 11 is 4.92. The van der Waals surface area contributed by atoms with E-state index in [9.17, 15) is 9.90 Å². The summed E-state index contributed by atoms with van der Waals surface area (Å²) in [5.41, 5.74) is -0.287. The predicted octanol–water partition coefficient (Wildman–Crippen LogP) is 0.261. The Hall–Kier alpha value is -1.56. The lowest BCUT2D eigenvalue weighted by Crippen LogP contribution is -2.32. The van der Waals surface area contributed by atoms with Gasteiger partial charge in [-0.2, -0.15) is 0 Å². The number of thiocarbonyl (C=S) groups is 1. The average molecular weight is 258 g/mol. The predicted molar refractivity (Wildman–Crippen MR) is 66.1 cm³/mol. The summed E-state index contributed by atoms with van der Waals surface area (Å²) in [7, 11) is 0. The van der Waals surface area contributed by atoms with Crippen LogP contribution < -0.4 is 10.4 Å². The molecule has 0 saturated carbocycles. The second-order valence-electron chi connectivity index (χ2n) is 2.81. The van der Waals surface area contributed by atoms with Gasteiger partial charge >= 0.3 is 5.97 Å². The molecule has 0 aliphatic rings. The molecule has 0 unspecified atom stereocenters. The molecule has 0 aromatic heterocycles. The molecule has 0 bridgehead atoms. The second-order valence-corrected chi connectivity index (χ2v) is 3.22. The standard InChI is InChI=1S/C11H17NO4S/c1-4-7-12-9(17)8(10(13)15-5-2)11(14)16-6-3/h4,13H,1,5-7H2,2-3H3,(H,12,17)/p-1. The first-order chi connectivity index (χ1) is 8.08. The highest BCUT2D eigenvalue weighted by Crippen LogP contribution is 2.06. The maximum absolute atomic E-state index is 11.6. The molecular weight excluding hydrogens is 242 g/mol. The zero-order valence-electron chi connectivity index (χ0n) is 9.95. The first kappa shape index (κ1) is 15.4. The molecule has 0 aromatic rings. The van der Waals surface area contributed by atoms with Crippen LogP contribution in [0.3, 0.4) is 0 Å². The molecule has 17 heavy (non-hydrogen) atoms. The van der Waals surface area contributed by atoms with Crippen LogP contribution in [0.25, 0.3) is 0 Å². The highest BCUT2D eigenvalue weighted by atomic mass is 32.1. The fourth-order valence-corrected chi connectivity index (χ4v) is 1.18. The van der Waals surface area contributed by atoms with Crippen LogP contribution in [-0.2, 0) is 14.3 Å². The Balaban J connectivity index is 4.96. The molecule has 1 N–H and O–H groups in total. The lowest BCUT2D eigenvalue weighted by molar-refractivity contribution is -0.357. The topological polar surface area (TPSA) is 70.6 Å². The number of ether oxygens (including phenoxy) is 2. The molecule has 0 aliphatic heterocycles. The number of carbonyl (C=O) groups excluding carboxylic acids is 1. The summed E-state index contributed by atoms with van der Waals surface area (Å²) in [4.78, 5) is 11.6. The Morgan fingerprint density at radius 2 is 2.00 bits per heavy atom. The van der Waals surface area contributed by atoms with Crippen LogP contribution in [0.2, 0.25) is 0 Å². The van der Waals surface area contributed by atoms with E-state index >= 15 is 0 Å². The van der Waals surface area contributed by atoms with E-state index < -0.39 is 11.9 Å². The number of esters is 1. The van der Waals surface area contributed by atoms with Crippen molar-refractivity contribution in [3.05, 3.63) is 24.2 Å². The molecular formula is C11H16NO4S-. The normalized spacial score (nSPS) is 11.2. The van der Waals surface area contributed by atoms with Crippen molar-refractivity contribution in [3.63, 3.8) is 0 Å². The van der Waals surface area contributed by atoms with E-state index in [1.807, 2.05) is 0 Å². The van der Waals surface area contributed by atoms with Crippen LogP contribution in [0.4, 0.5) is 0 Å². The quantitative estimate of drug-likeness (QED) is 0.232. The minimum Gasteiger partial charge on any atom is -0.613 e. The van der Waals surface area contributed by atoms with Crippen molar-refractivity contribution in [3.8, 4) is 0 Å². The lowest BCUT2D eigenvalue weighted by Gasteiger charge is -2.18. The van der Waals surface area contributed by atoms with Crippen molar-refractivity contribution in [1.29, 1.82) is 0 Å². The molecule has 0 heterocycles. The first-order valence-electron chi connectivity index (χ1n) is 5.18. The van der Waals surface area contributed by atoms with Crippen LogP contribution in [-0.4, -0.2) is 30.7 Å². The van der Waals surface area contributed by atoms with Gasteiger partial charge in [0.05, 0.1) is 12.6 Å². The molecule has 0 aliphatic carbocycles. The van der Waals surface area contributed by atoms with Crippen LogP contribution in [0.5, 0.6) is 0 Å². The number of carbonyl (C=O) groups is 1. The van der Waals surface area contributed by atoms with Crippen LogP contribution in [0, 0.1) is 0 Å². The number of rotatable bonds is 7. The summed E-state index contributed by atoms with van der Waals surface area (Å²) in [5, 5.41) is 14.2. The van der Waals surface area contributed by atoms with Gasteiger partial charge in [-0.05, 0) is 13.5 Å². The number of hydrogen-bond donors (Lipinski definition) is 1. The van der Waals surface area contributed by atoms with Crippen molar-refractivity contribution >= 4 is 23.2 Å². The van der Waals surface area contributed by atoms with Crippen molar-refractivity contribution in [2.75, 3.05) is 19.8 Å². The van der Waals surface area contributed by atoms with E-state index in [4.69, 9.17) is 21.7 Å². The smallest absolute Gasteiger partial charge is 0.342 e. The van der Waals surface area contributed by atoms with E-state index in [2.05, 4.69) is 11.9 Å². The Morgan fingerprint density at radius 1 is 1.41 bits per heavy atom. The Morgan fingerprint density at radius 3 is 2.47 bits per heavy atom. The Labute approximate surface area is 106 Å². The summed E-state index contributed by atoms with van der Waals surface area (Å²) in [6.07, 6.45) is 1.56. The van der Waals surface area contributed by atoms with Gasteiger partial charge in [0, 0.05) is 6.54 Å². The SMILES string of the molecule is C=CCNC(=S)C(C(=O)OCC)=C([O-])OCC. The molecule has 5 nitrogen and oxygen atoms in total. The van der Waals surface area contributed by atoms with E-state index in [0.717, 1.165) is 0 Å². The Kier molecular flexibility index (Phi) is 7.79. The minimum absolute atomic E-state index is 0.00167. The fraction of sp³-hybridized carbons (Fsp3) is 0.455. The molecule has 0 fully saturated rings. The van der Waals surface area contributed by atoms with Gasteiger partial charge in [-0.1, -0.05) is 25.2 Å². The highest BCUT2D eigenvalue weighted by Gasteiger charge is 2.17. The Bertz CT molecular complexity index is 325. The maximum Gasteiger partial charge on any atom is 0.342 e. The van der Waals surface area contributed by atoms with E-state index in [0.29, 0.717) is 6.54 Å². The third-order valence-electron chi connectivity index (χ3n) is 1.59. The molecule has 0 aromatic carbocycles. The van der Waals surface area contributed by atoms with Gasteiger partial charge in [-0.15, -0.1) is 6.58 Å². The van der Waals surface area contributed by atoms with Gasteiger partial charge in [0.15, 0.2) is 0 Å². The van der Waals surface area contributed by atoms with Gasteiger partial charge in [0.2, 0.25) is 0 Å². The molecule has 0 amide bonds. The van der Waals surface area contributed by atoms with E-state index in [-0.39, 0.29) is 23.8 Å². The van der Waals surface area contributed by atoms with Crippen molar-refractivity contribution < 1.29 is 19.4 Å². The molecule has 0 spiro atoms. The van der Waals surface area contributed by atoms with Crippen LogP contribution in [0.15, 0.2) is 24.2 Å². The second kappa shape index (κ2) is 8.58. The van der Waals surface area contributed by atoms with Crippen LogP contribution in [0.1, 0.15) is 13.8 Å². The van der Waals surface area contributed by atoms with Gasteiger partial charge < -0.3 is 19.9 Å². The van der Waals surface area contributed by atoms with Gasteiger partial charge in [0.25, 0.3) is 0 Å². The third-order valence-corrected chi connectivity index (χ3v) is 1.94. The van der Waals surface area contributed by atoms with Crippen molar-refractivity contribution in [2.24, 2.45) is 0 Å². The van der Waals surface area contributed by atoms with Gasteiger partial charge in [0.1, 0.15) is 10.6 Å². The molecule has 6 heteroatoms. The summed E-state index contributed by atoms with van der Waals surface area (Å²) in [6.45, 7) is 7.44. The van der Waals surface area contributed by atoms with Gasteiger partial charge in [-0.25, -0.2) is 4.79 Å². The summed E-state index contributed by atoms with van der Waals surface area (Å²) in [5.74, 6) is -1.57. The summed E-state index contributed by atoms with van der Waals surface area (Å²) in [6, 6.07) is 0. The van der Waals surface area contributed by atoms with Crippen molar-refractivity contribution in [2.45, 2.75) is 13.8 Å². The third kappa shape index (κ3) is 5.35. The van der Waals surface area contributed by atoms with Crippen molar-refractivity contribution in [1.82, 2.24) is 5.32 Å². The van der Waals surface area contributed by atoms with E-state index in [1.54, 1.807) is 19.9 Å². The maximum atomic E-state index is 11.6. The zero-order chi connectivity index (χ0) is 13.3. The van der Waals surface area contributed by atoms with E-state index in [1.165, 1.54) is 0 Å². The minimum atomic E-state index is -0.785. The molecule has 0 saturated heterocycles. The monoisotopic (exact) mass is 258 g/mol. The lowest BCUT2D eigenvalue weighted by atomic mass is 10.3. The number of nitrogens with one attached hydrogen (secondary N) is 1. The molecule has 0 rings (SSSR count).